The van der Waals surface area contributed by atoms with E-state index in [1.54, 1.807) is 0 Å². The first-order valence-electron chi connectivity index (χ1n) is 6.70. The highest BCUT2D eigenvalue weighted by molar-refractivity contribution is 7.71. The van der Waals surface area contributed by atoms with Crippen molar-refractivity contribution in [2.24, 2.45) is 0 Å². The van der Waals surface area contributed by atoms with Crippen LogP contribution < -0.4 is 0 Å². The molecule has 0 saturated heterocycles. The minimum Gasteiger partial charge on any atom is -0.271 e. The Kier molecular flexibility index (Phi) is 4.18. The molecule has 0 spiro atoms. The molecule has 0 radical (unpaired) electrons. The quantitative estimate of drug-likeness (QED) is 0.719. The second kappa shape index (κ2) is 6.24. The average molecular weight is 316 g/mol. The first-order chi connectivity index (χ1) is 10.2. The normalized spacial score (nSPS) is 10.7. The van der Waals surface area contributed by atoms with Crippen LogP contribution in [0.2, 0.25) is 5.02 Å². The maximum absolute atomic E-state index is 6.26. The lowest BCUT2D eigenvalue weighted by Crippen LogP contribution is -2.05. The summed E-state index contributed by atoms with van der Waals surface area (Å²) in [5, 5.41) is 3.78. The number of benzene rings is 2. The molecule has 0 unspecified atom stereocenters. The molecule has 2 aromatic carbocycles. The van der Waals surface area contributed by atoms with Gasteiger partial charge in [-0.3, -0.25) is 9.78 Å². The molecule has 0 bridgehead atoms. The summed E-state index contributed by atoms with van der Waals surface area (Å²) in [4.78, 5) is 4.39. The fraction of sp³-hybridized carbons (Fsp3) is 0.125. The topological polar surface area (TPSA) is 33.6 Å². The number of aromatic nitrogens is 3. The number of aryl methyl sites for hydroxylation is 2. The first-order valence-corrected chi connectivity index (χ1v) is 7.48. The number of rotatable bonds is 4. The summed E-state index contributed by atoms with van der Waals surface area (Å²) in [7, 11) is 0. The van der Waals surface area contributed by atoms with E-state index in [1.165, 1.54) is 5.56 Å². The summed E-state index contributed by atoms with van der Waals surface area (Å²) in [5.41, 5.74) is 2.16. The zero-order valence-electron chi connectivity index (χ0n) is 11.3. The van der Waals surface area contributed by atoms with Crippen molar-refractivity contribution in [1.29, 1.82) is 0 Å². The lowest BCUT2D eigenvalue weighted by molar-refractivity contribution is 0.618. The van der Waals surface area contributed by atoms with Crippen LogP contribution in [0.4, 0.5) is 0 Å². The number of nitrogens with one attached hydrogen (secondary N) is 1. The molecule has 1 aromatic heterocycles. The Morgan fingerprint density at radius 2 is 1.76 bits per heavy atom. The van der Waals surface area contributed by atoms with E-state index in [0.717, 1.165) is 24.4 Å². The lowest BCUT2D eigenvalue weighted by atomic mass is 10.1. The van der Waals surface area contributed by atoms with Gasteiger partial charge in [0, 0.05) is 12.1 Å². The molecular formula is C16H14ClN3S. The van der Waals surface area contributed by atoms with Gasteiger partial charge in [0.05, 0.1) is 5.02 Å². The third kappa shape index (κ3) is 3.23. The van der Waals surface area contributed by atoms with Gasteiger partial charge in [-0.05, 0) is 36.3 Å². The minimum atomic E-state index is 0.470. The van der Waals surface area contributed by atoms with Crippen LogP contribution in [0.5, 0.6) is 0 Å². The van der Waals surface area contributed by atoms with Crippen molar-refractivity contribution >= 4 is 23.8 Å². The molecule has 0 aliphatic heterocycles. The Morgan fingerprint density at radius 1 is 1.05 bits per heavy atom. The van der Waals surface area contributed by atoms with E-state index in [9.17, 15) is 0 Å². The fourth-order valence-electron chi connectivity index (χ4n) is 2.25. The van der Waals surface area contributed by atoms with Gasteiger partial charge < -0.3 is 0 Å². The summed E-state index contributed by atoms with van der Waals surface area (Å²) in [5.74, 6) is 0.779. The Labute approximate surface area is 133 Å². The predicted octanol–water partition coefficient (Wildman–Crippen LogP) is 4.50. The van der Waals surface area contributed by atoms with Gasteiger partial charge in [0.2, 0.25) is 4.77 Å². The molecule has 21 heavy (non-hydrogen) atoms. The molecule has 3 nitrogen and oxygen atoms in total. The molecular weight excluding hydrogens is 302 g/mol. The summed E-state index contributed by atoms with van der Waals surface area (Å²) >= 11 is 11.4. The zero-order chi connectivity index (χ0) is 14.7. The molecule has 106 valence electrons. The lowest BCUT2D eigenvalue weighted by Gasteiger charge is -2.08. The molecule has 0 saturated carbocycles. The SMILES string of the molecule is S=c1nc(-c2ccccc2Cl)n(CCc2ccccc2)[nH]1. The van der Waals surface area contributed by atoms with Gasteiger partial charge in [-0.15, -0.1) is 0 Å². The van der Waals surface area contributed by atoms with Gasteiger partial charge >= 0.3 is 0 Å². The first kappa shape index (κ1) is 14.0. The maximum atomic E-state index is 6.26. The van der Waals surface area contributed by atoms with Crippen molar-refractivity contribution in [3.8, 4) is 11.4 Å². The van der Waals surface area contributed by atoms with Crippen LogP contribution in [-0.4, -0.2) is 14.8 Å². The van der Waals surface area contributed by atoms with Crippen molar-refractivity contribution in [1.82, 2.24) is 14.8 Å². The van der Waals surface area contributed by atoms with Crippen molar-refractivity contribution in [3.63, 3.8) is 0 Å². The molecule has 0 fully saturated rings. The molecule has 3 aromatic rings. The second-order valence-corrected chi connectivity index (χ2v) is 5.51. The van der Waals surface area contributed by atoms with Crippen molar-refractivity contribution in [2.45, 2.75) is 13.0 Å². The average Bonchev–Trinajstić information content (AvgIpc) is 2.87. The van der Waals surface area contributed by atoms with Crippen LogP contribution in [0.15, 0.2) is 54.6 Å². The highest BCUT2D eigenvalue weighted by atomic mass is 35.5. The summed E-state index contributed by atoms with van der Waals surface area (Å²) in [6.07, 6.45) is 0.903. The Bertz CT molecular complexity index is 793. The Morgan fingerprint density at radius 3 is 2.52 bits per heavy atom. The monoisotopic (exact) mass is 315 g/mol. The van der Waals surface area contributed by atoms with Crippen LogP contribution in [-0.2, 0) is 13.0 Å². The predicted molar refractivity (Wildman–Crippen MR) is 88.0 cm³/mol. The molecule has 5 heteroatoms. The number of nitrogens with zero attached hydrogens (tertiary/aromatic N) is 2. The van der Waals surface area contributed by atoms with Crippen molar-refractivity contribution in [2.75, 3.05) is 0 Å². The van der Waals surface area contributed by atoms with E-state index in [4.69, 9.17) is 23.8 Å². The molecule has 1 N–H and O–H groups in total. The van der Waals surface area contributed by atoms with Crippen molar-refractivity contribution < 1.29 is 0 Å². The molecule has 0 amide bonds. The van der Waals surface area contributed by atoms with E-state index >= 15 is 0 Å². The molecule has 0 aliphatic carbocycles. The van der Waals surface area contributed by atoms with Crippen LogP contribution in [0, 0.1) is 4.77 Å². The van der Waals surface area contributed by atoms with E-state index in [1.807, 2.05) is 47.1 Å². The second-order valence-electron chi connectivity index (χ2n) is 4.72. The van der Waals surface area contributed by atoms with Gasteiger partial charge in [0.25, 0.3) is 0 Å². The van der Waals surface area contributed by atoms with Gasteiger partial charge in [0.15, 0.2) is 5.82 Å². The van der Waals surface area contributed by atoms with Gasteiger partial charge in [-0.25, -0.2) is 0 Å². The fourth-order valence-corrected chi connectivity index (χ4v) is 2.66. The standard InChI is InChI=1S/C16H14ClN3S/c17-14-9-5-4-8-13(14)15-18-16(21)19-20(15)11-10-12-6-2-1-3-7-12/h1-9H,10-11H2,(H,19,21). The smallest absolute Gasteiger partial charge is 0.213 e. The van der Waals surface area contributed by atoms with Gasteiger partial charge in [0.1, 0.15) is 0 Å². The number of halogens is 1. The number of aromatic amines is 1. The van der Waals surface area contributed by atoms with Gasteiger partial charge in [-0.1, -0.05) is 54.1 Å². The van der Waals surface area contributed by atoms with E-state index < -0.39 is 0 Å². The third-order valence-electron chi connectivity index (χ3n) is 3.28. The highest BCUT2D eigenvalue weighted by Crippen LogP contribution is 2.25. The molecule has 1 heterocycles. The number of H-pyrrole nitrogens is 1. The highest BCUT2D eigenvalue weighted by Gasteiger charge is 2.10. The zero-order valence-corrected chi connectivity index (χ0v) is 12.9. The summed E-state index contributed by atoms with van der Waals surface area (Å²) < 4.78 is 2.43. The van der Waals surface area contributed by atoms with E-state index in [0.29, 0.717) is 9.79 Å². The largest absolute Gasteiger partial charge is 0.271 e. The molecule has 0 atom stereocenters. The Balaban J connectivity index is 1.90. The molecule has 3 rings (SSSR count). The van der Waals surface area contributed by atoms with E-state index in [2.05, 4.69) is 22.2 Å². The molecule has 0 aliphatic rings. The Hall–Kier alpha value is -1.91. The van der Waals surface area contributed by atoms with E-state index in [-0.39, 0.29) is 0 Å². The van der Waals surface area contributed by atoms with Crippen LogP contribution in [0.1, 0.15) is 5.56 Å². The summed E-state index contributed by atoms with van der Waals surface area (Å²) in [6.45, 7) is 0.772. The minimum absolute atomic E-state index is 0.470. The third-order valence-corrected chi connectivity index (χ3v) is 3.79. The van der Waals surface area contributed by atoms with Crippen LogP contribution >= 0.6 is 23.8 Å². The van der Waals surface area contributed by atoms with Crippen LogP contribution in [0.25, 0.3) is 11.4 Å². The number of hydrogen-bond acceptors (Lipinski definition) is 2. The van der Waals surface area contributed by atoms with Crippen LogP contribution in [0.3, 0.4) is 0 Å². The maximum Gasteiger partial charge on any atom is 0.213 e. The summed E-state index contributed by atoms with van der Waals surface area (Å²) in [6, 6.07) is 18.0. The van der Waals surface area contributed by atoms with Gasteiger partial charge in [-0.2, -0.15) is 4.98 Å². The van der Waals surface area contributed by atoms with Crippen molar-refractivity contribution in [3.05, 3.63) is 70.0 Å². The number of hydrogen-bond donors (Lipinski definition) is 1.